The summed E-state index contributed by atoms with van der Waals surface area (Å²) in [5, 5.41) is 9.25. The lowest BCUT2D eigenvalue weighted by Crippen LogP contribution is -2.27. The van der Waals surface area contributed by atoms with E-state index in [2.05, 4.69) is 15.7 Å². The van der Waals surface area contributed by atoms with Crippen LogP contribution in [0.2, 0.25) is 0 Å². The maximum absolute atomic E-state index is 13.1. The first-order chi connectivity index (χ1) is 15.6. The largest absolute Gasteiger partial charge is 0.416 e. The van der Waals surface area contributed by atoms with Crippen molar-refractivity contribution in [1.82, 2.24) is 15.1 Å². The van der Waals surface area contributed by atoms with Crippen LogP contribution in [0.25, 0.3) is 5.69 Å². The van der Waals surface area contributed by atoms with Gasteiger partial charge in [0.05, 0.1) is 11.3 Å². The number of halogens is 3. The quantitative estimate of drug-likeness (QED) is 0.585. The number of benzene rings is 2. The van der Waals surface area contributed by atoms with Crippen LogP contribution < -0.4 is 16.1 Å². The van der Waals surface area contributed by atoms with Crippen LogP contribution in [0.1, 0.15) is 45.4 Å². The Bertz CT molecular complexity index is 1230. The first-order valence-corrected chi connectivity index (χ1v) is 10.1. The number of nitrogens with zero attached hydrogens (tertiary/aromatic N) is 2. The monoisotopic (exact) mass is 458 g/mol. The van der Waals surface area contributed by atoms with Crippen LogP contribution >= 0.6 is 0 Å². The van der Waals surface area contributed by atoms with Gasteiger partial charge in [0.2, 0.25) is 5.43 Å². The minimum Gasteiger partial charge on any atom is -0.352 e. The molecule has 7 nitrogen and oxygen atoms in total. The zero-order valence-electron chi connectivity index (χ0n) is 17.9. The Morgan fingerprint density at radius 3 is 2.36 bits per heavy atom. The number of amides is 2. The average Bonchev–Trinajstić information content (AvgIpc) is 2.77. The van der Waals surface area contributed by atoms with Crippen molar-refractivity contribution in [3.8, 4) is 5.69 Å². The van der Waals surface area contributed by atoms with E-state index in [9.17, 15) is 27.6 Å². The van der Waals surface area contributed by atoms with Crippen molar-refractivity contribution in [2.45, 2.75) is 26.4 Å². The number of hydrogen-bond acceptors (Lipinski definition) is 4. The molecule has 0 aliphatic carbocycles. The molecule has 1 aromatic heterocycles. The molecule has 0 bridgehead atoms. The SMILES string of the molecule is CCCNC(=O)c1ccc(NC(=O)c2nn(-c3cccc(C(F)(F)F)c3)c(C)cc2=O)cc1. The lowest BCUT2D eigenvalue weighted by atomic mass is 10.2. The summed E-state index contributed by atoms with van der Waals surface area (Å²) in [5.74, 6) is -1.08. The van der Waals surface area contributed by atoms with Gasteiger partial charge in [-0.15, -0.1) is 0 Å². The molecule has 10 heteroatoms. The number of carbonyl (C=O) groups is 2. The van der Waals surface area contributed by atoms with Crippen LogP contribution in [0.5, 0.6) is 0 Å². The van der Waals surface area contributed by atoms with E-state index in [-0.39, 0.29) is 17.3 Å². The standard InChI is InChI=1S/C23H21F3N4O3/c1-3-11-27-21(32)15-7-9-17(10-8-15)28-22(33)20-19(31)12-14(2)30(29-20)18-6-4-5-16(13-18)23(24,25)26/h4-10,12-13H,3,11H2,1-2H3,(H,27,32)(H,28,33). The summed E-state index contributed by atoms with van der Waals surface area (Å²) in [5.41, 5.74) is -1.00. The summed E-state index contributed by atoms with van der Waals surface area (Å²) in [6, 6.07) is 11.6. The highest BCUT2D eigenvalue weighted by Gasteiger charge is 2.30. The molecule has 2 aromatic carbocycles. The van der Waals surface area contributed by atoms with E-state index >= 15 is 0 Å². The van der Waals surface area contributed by atoms with Gasteiger partial charge in [0.15, 0.2) is 5.69 Å². The Kier molecular flexibility index (Phi) is 6.95. The first kappa shape index (κ1) is 23.7. The number of aryl methyl sites for hydroxylation is 1. The highest BCUT2D eigenvalue weighted by atomic mass is 19.4. The van der Waals surface area contributed by atoms with E-state index in [0.717, 1.165) is 29.3 Å². The molecule has 3 rings (SSSR count). The Hall–Kier alpha value is -3.95. The van der Waals surface area contributed by atoms with Crippen LogP contribution in [-0.4, -0.2) is 28.1 Å². The lowest BCUT2D eigenvalue weighted by molar-refractivity contribution is -0.137. The van der Waals surface area contributed by atoms with Gasteiger partial charge in [-0.25, -0.2) is 4.68 Å². The van der Waals surface area contributed by atoms with Crippen LogP contribution in [0, 0.1) is 6.92 Å². The molecule has 0 spiro atoms. The van der Waals surface area contributed by atoms with Crippen molar-refractivity contribution in [2.24, 2.45) is 0 Å². The first-order valence-electron chi connectivity index (χ1n) is 10.1. The maximum atomic E-state index is 13.1. The number of hydrogen-bond donors (Lipinski definition) is 2. The molecule has 0 saturated heterocycles. The fourth-order valence-electron chi connectivity index (χ4n) is 3.02. The van der Waals surface area contributed by atoms with Gasteiger partial charge in [0, 0.05) is 29.6 Å². The van der Waals surface area contributed by atoms with E-state index in [1.54, 1.807) is 0 Å². The summed E-state index contributed by atoms with van der Waals surface area (Å²) in [6.45, 7) is 3.96. The minimum atomic E-state index is -4.55. The number of nitrogens with one attached hydrogen (secondary N) is 2. The Morgan fingerprint density at radius 2 is 1.73 bits per heavy atom. The molecule has 2 N–H and O–H groups in total. The zero-order chi connectivity index (χ0) is 24.2. The van der Waals surface area contributed by atoms with E-state index in [1.807, 2.05) is 6.92 Å². The smallest absolute Gasteiger partial charge is 0.352 e. The average molecular weight is 458 g/mol. The van der Waals surface area contributed by atoms with E-state index in [4.69, 9.17) is 0 Å². The predicted molar refractivity (Wildman–Crippen MR) is 117 cm³/mol. The third-order valence-corrected chi connectivity index (χ3v) is 4.68. The summed E-state index contributed by atoms with van der Waals surface area (Å²) < 4.78 is 40.3. The zero-order valence-corrected chi connectivity index (χ0v) is 17.9. The number of anilines is 1. The fraction of sp³-hybridized carbons (Fsp3) is 0.217. The molecular formula is C23H21F3N4O3. The van der Waals surface area contributed by atoms with Crippen molar-refractivity contribution in [2.75, 3.05) is 11.9 Å². The Balaban J connectivity index is 1.86. The van der Waals surface area contributed by atoms with Crippen LogP contribution in [0.3, 0.4) is 0 Å². The van der Waals surface area contributed by atoms with Gasteiger partial charge < -0.3 is 10.6 Å². The molecule has 0 radical (unpaired) electrons. The topological polar surface area (TPSA) is 93.1 Å². The van der Waals surface area contributed by atoms with Gasteiger partial charge in [-0.05, 0) is 55.8 Å². The van der Waals surface area contributed by atoms with E-state index < -0.39 is 28.8 Å². The minimum absolute atomic E-state index is 0.0545. The number of alkyl halides is 3. The van der Waals surface area contributed by atoms with E-state index in [1.165, 1.54) is 43.3 Å². The summed E-state index contributed by atoms with van der Waals surface area (Å²) >= 11 is 0. The molecule has 0 unspecified atom stereocenters. The van der Waals surface area contributed by atoms with Crippen LogP contribution in [0.15, 0.2) is 59.4 Å². The molecule has 33 heavy (non-hydrogen) atoms. The Labute approximate surface area is 187 Å². The van der Waals surface area contributed by atoms with Gasteiger partial charge >= 0.3 is 6.18 Å². The molecular weight excluding hydrogens is 437 g/mol. The molecule has 0 atom stereocenters. The molecule has 172 valence electrons. The second-order valence-corrected chi connectivity index (χ2v) is 7.25. The normalized spacial score (nSPS) is 11.2. The second kappa shape index (κ2) is 9.68. The molecule has 3 aromatic rings. The number of carbonyl (C=O) groups excluding carboxylic acids is 2. The lowest BCUT2D eigenvalue weighted by Gasteiger charge is -2.13. The highest BCUT2D eigenvalue weighted by molar-refractivity contribution is 6.03. The molecule has 0 aliphatic heterocycles. The van der Waals surface area contributed by atoms with Gasteiger partial charge in [-0.1, -0.05) is 13.0 Å². The summed E-state index contributed by atoms with van der Waals surface area (Å²) in [7, 11) is 0. The van der Waals surface area contributed by atoms with Crippen LogP contribution in [-0.2, 0) is 6.18 Å². The van der Waals surface area contributed by atoms with Crippen molar-refractivity contribution in [3.63, 3.8) is 0 Å². The van der Waals surface area contributed by atoms with Crippen molar-refractivity contribution >= 4 is 17.5 Å². The van der Waals surface area contributed by atoms with Gasteiger partial charge in [-0.2, -0.15) is 18.3 Å². The molecule has 1 heterocycles. The van der Waals surface area contributed by atoms with E-state index in [0.29, 0.717) is 17.8 Å². The van der Waals surface area contributed by atoms with Gasteiger partial charge in [0.1, 0.15) is 0 Å². The summed E-state index contributed by atoms with van der Waals surface area (Å²) in [4.78, 5) is 37.0. The molecule has 0 saturated carbocycles. The maximum Gasteiger partial charge on any atom is 0.416 e. The predicted octanol–water partition coefficient (Wildman–Crippen LogP) is 3.95. The molecule has 0 fully saturated rings. The molecule has 2 amide bonds. The molecule has 0 aliphatic rings. The van der Waals surface area contributed by atoms with Crippen molar-refractivity contribution < 1.29 is 22.8 Å². The third-order valence-electron chi connectivity index (χ3n) is 4.68. The van der Waals surface area contributed by atoms with Crippen molar-refractivity contribution in [3.05, 3.63) is 87.3 Å². The fourth-order valence-corrected chi connectivity index (χ4v) is 3.02. The van der Waals surface area contributed by atoms with Crippen LogP contribution in [0.4, 0.5) is 18.9 Å². The third kappa shape index (κ3) is 5.65. The van der Waals surface area contributed by atoms with Gasteiger partial charge in [0.25, 0.3) is 11.8 Å². The number of rotatable bonds is 6. The van der Waals surface area contributed by atoms with Crippen molar-refractivity contribution in [1.29, 1.82) is 0 Å². The summed E-state index contributed by atoms with van der Waals surface area (Å²) in [6.07, 6.45) is -3.76. The number of aromatic nitrogens is 2. The van der Waals surface area contributed by atoms with Gasteiger partial charge in [-0.3, -0.25) is 14.4 Å². The Morgan fingerprint density at radius 1 is 1.03 bits per heavy atom. The highest BCUT2D eigenvalue weighted by Crippen LogP contribution is 2.30. The second-order valence-electron chi connectivity index (χ2n) is 7.25.